The zero-order valence-electron chi connectivity index (χ0n) is 6.54. The van der Waals surface area contributed by atoms with E-state index in [9.17, 15) is 0 Å². The molecule has 2 nitrogen and oxygen atoms in total. The Labute approximate surface area is 66.2 Å². The minimum absolute atomic E-state index is 0.0463. The summed E-state index contributed by atoms with van der Waals surface area (Å²) in [5.74, 6) is 0. The van der Waals surface area contributed by atoms with Gasteiger partial charge in [0.25, 0.3) is 0 Å². The van der Waals surface area contributed by atoms with Crippen molar-refractivity contribution in [2.24, 2.45) is 0 Å². The molecule has 1 aromatic heterocycles. The lowest BCUT2D eigenvalue weighted by molar-refractivity contribution is 0.281. The fraction of sp³-hybridized carbons (Fsp3) is 0.222. The molecule has 1 aromatic rings. The number of aliphatic hydroxyl groups is 1. The Morgan fingerprint density at radius 3 is 2.91 bits per heavy atom. The molecule has 11 heavy (non-hydrogen) atoms. The molecule has 2 heteroatoms. The van der Waals surface area contributed by atoms with E-state index in [1.807, 2.05) is 6.92 Å². The Bertz CT molecular complexity index is 268. The molecule has 0 aliphatic carbocycles. The highest BCUT2D eigenvalue weighted by Crippen LogP contribution is 2.12. The lowest BCUT2D eigenvalue weighted by Crippen LogP contribution is -1.93. The van der Waals surface area contributed by atoms with Crippen LogP contribution in [-0.2, 0) is 6.61 Å². The van der Waals surface area contributed by atoms with Crippen molar-refractivity contribution in [2.75, 3.05) is 0 Å². The fourth-order valence-corrected chi connectivity index (χ4v) is 1.05. The topological polar surface area (TPSA) is 33.1 Å². The van der Waals surface area contributed by atoms with E-state index < -0.39 is 0 Å². The summed E-state index contributed by atoms with van der Waals surface area (Å²) in [5.41, 5.74) is 2.73. The minimum Gasteiger partial charge on any atom is -0.392 e. The molecule has 0 saturated heterocycles. The highest BCUT2D eigenvalue weighted by Gasteiger charge is 2.00. The number of aliphatic hydroxyl groups excluding tert-OH is 1. The first-order valence-electron chi connectivity index (χ1n) is 3.47. The second-order valence-corrected chi connectivity index (χ2v) is 2.33. The Hall–Kier alpha value is -1.15. The number of pyridine rings is 1. The Balaban J connectivity index is 3.24. The molecule has 1 heterocycles. The quantitative estimate of drug-likeness (QED) is 0.691. The van der Waals surface area contributed by atoms with Gasteiger partial charge in [-0.1, -0.05) is 12.7 Å². The van der Waals surface area contributed by atoms with E-state index in [-0.39, 0.29) is 6.61 Å². The van der Waals surface area contributed by atoms with Crippen molar-refractivity contribution >= 4 is 6.08 Å². The first-order valence-corrected chi connectivity index (χ1v) is 3.47. The maximum Gasteiger partial charge on any atom is 0.0688 e. The molecular weight excluding hydrogens is 138 g/mol. The average Bonchev–Trinajstić information content (AvgIpc) is 2.04. The van der Waals surface area contributed by atoms with Gasteiger partial charge in [-0.05, 0) is 18.6 Å². The molecular formula is C9H11NO. The molecule has 0 bridgehead atoms. The van der Waals surface area contributed by atoms with Gasteiger partial charge in [-0.25, -0.2) is 0 Å². The van der Waals surface area contributed by atoms with Crippen LogP contribution in [0.25, 0.3) is 6.08 Å². The van der Waals surface area contributed by atoms with Crippen LogP contribution in [0.4, 0.5) is 0 Å². The van der Waals surface area contributed by atoms with Crippen molar-refractivity contribution in [3.63, 3.8) is 0 Å². The van der Waals surface area contributed by atoms with Crippen LogP contribution in [0.1, 0.15) is 16.8 Å². The maximum absolute atomic E-state index is 8.90. The smallest absolute Gasteiger partial charge is 0.0688 e. The summed E-state index contributed by atoms with van der Waals surface area (Å²) in [6.45, 7) is 5.59. The molecule has 0 amide bonds. The third-order valence-electron chi connectivity index (χ3n) is 1.65. The van der Waals surface area contributed by atoms with Crippen LogP contribution >= 0.6 is 0 Å². The summed E-state index contributed by atoms with van der Waals surface area (Å²) in [6.07, 6.45) is 3.40. The van der Waals surface area contributed by atoms with Crippen LogP contribution in [0.15, 0.2) is 18.8 Å². The molecule has 0 saturated carbocycles. The molecule has 0 fully saturated rings. The van der Waals surface area contributed by atoms with E-state index in [2.05, 4.69) is 11.6 Å². The van der Waals surface area contributed by atoms with Gasteiger partial charge >= 0.3 is 0 Å². The van der Waals surface area contributed by atoms with Crippen molar-refractivity contribution in [3.8, 4) is 0 Å². The zero-order chi connectivity index (χ0) is 8.27. The van der Waals surface area contributed by atoms with Crippen LogP contribution in [0.2, 0.25) is 0 Å². The van der Waals surface area contributed by atoms with Gasteiger partial charge in [-0.15, -0.1) is 0 Å². The molecule has 0 spiro atoms. The number of aromatic nitrogens is 1. The first kappa shape index (κ1) is 7.95. The van der Waals surface area contributed by atoms with Crippen molar-refractivity contribution in [1.29, 1.82) is 0 Å². The van der Waals surface area contributed by atoms with Crippen molar-refractivity contribution in [1.82, 2.24) is 4.98 Å². The van der Waals surface area contributed by atoms with Gasteiger partial charge in [0.2, 0.25) is 0 Å². The highest BCUT2D eigenvalue weighted by molar-refractivity contribution is 5.53. The number of hydrogen-bond acceptors (Lipinski definition) is 2. The number of rotatable bonds is 2. The van der Waals surface area contributed by atoms with E-state index in [1.54, 1.807) is 18.3 Å². The molecule has 0 aliphatic heterocycles. The highest BCUT2D eigenvalue weighted by atomic mass is 16.3. The second kappa shape index (κ2) is 3.30. The average molecular weight is 149 g/mol. The lowest BCUT2D eigenvalue weighted by atomic mass is 10.1. The molecule has 0 radical (unpaired) electrons. The van der Waals surface area contributed by atoms with Gasteiger partial charge in [-0.3, -0.25) is 4.98 Å². The summed E-state index contributed by atoms with van der Waals surface area (Å²) < 4.78 is 0. The van der Waals surface area contributed by atoms with Gasteiger partial charge < -0.3 is 5.11 Å². The van der Waals surface area contributed by atoms with Crippen LogP contribution in [0.5, 0.6) is 0 Å². The number of aryl methyl sites for hydroxylation is 1. The molecule has 0 aliphatic rings. The Morgan fingerprint density at radius 1 is 1.73 bits per heavy atom. The third kappa shape index (κ3) is 1.46. The van der Waals surface area contributed by atoms with Gasteiger partial charge in [0.1, 0.15) is 0 Å². The Morgan fingerprint density at radius 2 is 2.45 bits per heavy atom. The summed E-state index contributed by atoms with van der Waals surface area (Å²) in [7, 11) is 0. The van der Waals surface area contributed by atoms with Gasteiger partial charge in [0.15, 0.2) is 0 Å². The minimum atomic E-state index is 0.0463. The fourth-order valence-electron chi connectivity index (χ4n) is 1.05. The zero-order valence-corrected chi connectivity index (χ0v) is 6.54. The number of nitrogens with zero attached hydrogens (tertiary/aromatic N) is 1. The molecule has 1 rings (SSSR count). The summed E-state index contributed by atoms with van der Waals surface area (Å²) >= 11 is 0. The Kier molecular flexibility index (Phi) is 2.39. The van der Waals surface area contributed by atoms with E-state index >= 15 is 0 Å². The lowest BCUT2D eigenvalue weighted by Gasteiger charge is -2.03. The predicted molar refractivity (Wildman–Crippen MR) is 45.0 cm³/mol. The largest absolute Gasteiger partial charge is 0.392 e. The van der Waals surface area contributed by atoms with E-state index in [0.717, 1.165) is 16.8 Å². The van der Waals surface area contributed by atoms with E-state index in [0.29, 0.717) is 0 Å². The molecule has 0 unspecified atom stereocenters. The van der Waals surface area contributed by atoms with Gasteiger partial charge in [0.05, 0.1) is 6.61 Å². The molecule has 0 aromatic carbocycles. The summed E-state index contributed by atoms with van der Waals surface area (Å²) in [5, 5.41) is 8.90. The van der Waals surface area contributed by atoms with E-state index in [4.69, 9.17) is 5.11 Å². The number of hydrogen-bond donors (Lipinski definition) is 1. The summed E-state index contributed by atoms with van der Waals surface area (Å²) in [6, 6.07) is 1.80. The van der Waals surface area contributed by atoms with Crippen LogP contribution in [0.3, 0.4) is 0 Å². The van der Waals surface area contributed by atoms with Crippen LogP contribution in [-0.4, -0.2) is 10.1 Å². The summed E-state index contributed by atoms with van der Waals surface area (Å²) in [4.78, 5) is 4.08. The molecule has 58 valence electrons. The van der Waals surface area contributed by atoms with Crippen molar-refractivity contribution < 1.29 is 5.11 Å². The van der Waals surface area contributed by atoms with Gasteiger partial charge in [0, 0.05) is 17.5 Å². The monoisotopic (exact) mass is 149 g/mol. The van der Waals surface area contributed by atoms with Crippen molar-refractivity contribution in [3.05, 3.63) is 35.7 Å². The normalized spacial score (nSPS) is 9.64. The van der Waals surface area contributed by atoms with E-state index in [1.165, 1.54) is 0 Å². The molecule has 0 atom stereocenters. The molecule has 1 N–H and O–H groups in total. The standard InChI is InChI=1S/C9H11NO/c1-3-9-7(2)10-5-4-8(9)6-11/h3-5,11H,1,6H2,2H3. The predicted octanol–water partition coefficient (Wildman–Crippen LogP) is 1.53. The SMILES string of the molecule is C=Cc1c(CO)ccnc1C. The first-order chi connectivity index (χ1) is 5.29. The maximum atomic E-state index is 8.90. The van der Waals surface area contributed by atoms with Gasteiger partial charge in [-0.2, -0.15) is 0 Å². The third-order valence-corrected chi connectivity index (χ3v) is 1.65. The van der Waals surface area contributed by atoms with Crippen LogP contribution in [0, 0.1) is 6.92 Å². The van der Waals surface area contributed by atoms with Crippen molar-refractivity contribution in [2.45, 2.75) is 13.5 Å². The van der Waals surface area contributed by atoms with Crippen LogP contribution < -0.4 is 0 Å². The second-order valence-electron chi connectivity index (χ2n) is 2.33.